The monoisotopic (exact) mass is 333 g/mol. The Kier molecular flexibility index (Phi) is 3.29. The molecule has 1 aliphatic heterocycles. The van der Waals surface area contributed by atoms with Gasteiger partial charge in [-0.1, -0.05) is 30.3 Å². The van der Waals surface area contributed by atoms with Gasteiger partial charge in [0.05, 0.1) is 16.2 Å². The molecule has 1 aromatic carbocycles. The third kappa shape index (κ3) is 2.08. The Hall–Kier alpha value is -2.84. The van der Waals surface area contributed by atoms with Gasteiger partial charge in [0.2, 0.25) is 5.88 Å². The molecule has 3 aromatic rings. The highest BCUT2D eigenvalue weighted by atomic mass is 32.1. The Morgan fingerprint density at radius 1 is 1.25 bits per heavy atom. The zero-order valence-corrected chi connectivity index (χ0v) is 14.1. The first kappa shape index (κ1) is 14.7. The third-order valence-corrected chi connectivity index (χ3v) is 5.38. The van der Waals surface area contributed by atoms with Gasteiger partial charge in [-0.25, -0.2) is 4.98 Å². The molecule has 4 rings (SSSR count). The number of allylic oxidation sites excluding steroid dienone is 1. The molecule has 1 atom stereocenters. The number of nitrogens with two attached hydrogens (primary N) is 1. The second-order valence-electron chi connectivity index (χ2n) is 5.89. The Morgan fingerprint density at radius 2 is 2.00 bits per heavy atom. The van der Waals surface area contributed by atoms with E-state index in [-0.39, 0.29) is 11.8 Å². The largest absolute Gasteiger partial charge is 0.439 e. The molecule has 0 spiro atoms. The van der Waals surface area contributed by atoms with Crippen molar-refractivity contribution in [1.82, 2.24) is 4.98 Å². The van der Waals surface area contributed by atoms with Crippen molar-refractivity contribution >= 4 is 21.6 Å². The molecule has 0 aliphatic carbocycles. The zero-order valence-electron chi connectivity index (χ0n) is 13.3. The molecule has 0 fully saturated rings. The number of pyridine rings is 1. The Morgan fingerprint density at radius 3 is 2.71 bits per heavy atom. The lowest BCUT2D eigenvalue weighted by atomic mass is 9.88. The van der Waals surface area contributed by atoms with Gasteiger partial charge < -0.3 is 10.5 Å². The molecule has 0 unspecified atom stereocenters. The van der Waals surface area contributed by atoms with E-state index < -0.39 is 0 Å². The number of rotatable bonds is 1. The first-order chi connectivity index (χ1) is 11.6. The summed E-state index contributed by atoms with van der Waals surface area (Å²) in [7, 11) is 0. The molecule has 0 amide bonds. The minimum Gasteiger partial charge on any atom is -0.439 e. The van der Waals surface area contributed by atoms with Crippen LogP contribution >= 0.6 is 11.3 Å². The SMILES string of the molecule is Cc1cc(C)c2c3c(sc2n1)[C@@H](c1ccccc1)C(C#N)=C(N)O3. The number of nitrogens with zero attached hydrogens (tertiary/aromatic N) is 2. The molecular formula is C19H15N3OS. The molecule has 2 N–H and O–H groups in total. The van der Waals surface area contributed by atoms with Gasteiger partial charge in [0.15, 0.2) is 5.75 Å². The lowest BCUT2D eigenvalue weighted by Gasteiger charge is -2.23. The number of hydrogen-bond donors (Lipinski definition) is 1. The zero-order chi connectivity index (χ0) is 16.8. The minimum atomic E-state index is -0.209. The fraction of sp³-hybridized carbons (Fsp3) is 0.158. The van der Waals surface area contributed by atoms with E-state index in [4.69, 9.17) is 10.5 Å². The van der Waals surface area contributed by atoms with Crippen LogP contribution in [0.3, 0.4) is 0 Å². The molecule has 24 heavy (non-hydrogen) atoms. The maximum Gasteiger partial charge on any atom is 0.205 e. The number of fused-ring (bicyclic) bond motifs is 3. The number of aryl methyl sites for hydroxylation is 2. The molecule has 0 radical (unpaired) electrons. The van der Waals surface area contributed by atoms with Crippen molar-refractivity contribution in [3.8, 4) is 11.8 Å². The quantitative estimate of drug-likeness (QED) is 0.727. The van der Waals surface area contributed by atoms with E-state index in [1.54, 1.807) is 11.3 Å². The van der Waals surface area contributed by atoms with E-state index in [0.717, 1.165) is 37.7 Å². The van der Waals surface area contributed by atoms with Crippen LogP contribution in [0.25, 0.3) is 10.2 Å². The predicted molar refractivity (Wildman–Crippen MR) is 94.8 cm³/mol. The summed E-state index contributed by atoms with van der Waals surface area (Å²) in [5.41, 5.74) is 9.64. The predicted octanol–water partition coefficient (Wildman–Crippen LogP) is 4.13. The average molecular weight is 333 g/mol. The van der Waals surface area contributed by atoms with Gasteiger partial charge in [-0.05, 0) is 31.0 Å². The van der Waals surface area contributed by atoms with E-state index in [1.165, 1.54) is 0 Å². The molecule has 0 bridgehead atoms. The molecule has 4 nitrogen and oxygen atoms in total. The van der Waals surface area contributed by atoms with Crippen molar-refractivity contribution < 1.29 is 4.74 Å². The van der Waals surface area contributed by atoms with E-state index in [2.05, 4.69) is 11.1 Å². The summed E-state index contributed by atoms with van der Waals surface area (Å²) in [6.07, 6.45) is 0. The maximum atomic E-state index is 9.61. The van der Waals surface area contributed by atoms with Crippen molar-refractivity contribution in [3.63, 3.8) is 0 Å². The molecule has 5 heteroatoms. The molecule has 3 heterocycles. The number of hydrogen-bond acceptors (Lipinski definition) is 5. The number of benzene rings is 1. The summed E-state index contributed by atoms with van der Waals surface area (Å²) in [6.45, 7) is 4.03. The van der Waals surface area contributed by atoms with Crippen LogP contribution in [0.5, 0.6) is 5.75 Å². The highest BCUT2D eigenvalue weighted by molar-refractivity contribution is 7.19. The fourth-order valence-electron chi connectivity index (χ4n) is 3.24. The smallest absolute Gasteiger partial charge is 0.205 e. The lowest BCUT2D eigenvalue weighted by molar-refractivity contribution is 0.401. The average Bonchev–Trinajstić information content (AvgIpc) is 2.92. The summed E-state index contributed by atoms with van der Waals surface area (Å²) in [4.78, 5) is 6.55. The Bertz CT molecular complexity index is 1030. The fourth-order valence-corrected chi connectivity index (χ4v) is 4.60. The van der Waals surface area contributed by atoms with Crippen LogP contribution in [-0.4, -0.2) is 4.98 Å². The summed E-state index contributed by atoms with van der Waals surface area (Å²) in [6, 6.07) is 14.2. The molecule has 2 aromatic heterocycles. The van der Waals surface area contributed by atoms with Crippen molar-refractivity contribution in [2.45, 2.75) is 19.8 Å². The lowest BCUT2D eigenvalue weighted by Crippen LogP contribution is -2.19. The summed E-state index contributed by atoms with van der Waals surface area (Å²) in [5, 5.41) is 10.6. The number of thiophene rings is 1. The van der Waals surface area contributed by atoms with Gasteiger partial charge in [0, 0.05) is 5.69 Å². The van der Waals surface area contributed by atoms with Crippen LogP contribution in [0.4, 0.5) is 0 Å². The first-order valence-corrected chi connectivity index (χ1v) is 8.45. The molecule has 1 aliphatic rings. The van der Waals surface area contributed by atoms with Gasteiger partial charge in [0.1, 0.15) is 16.5 Å². The Balaban J connectivity index is 2.05. The van der Waals surface area contributed by atoms with Crippen molar-refractivity contribution in [2.24, 2.45) is 5.73 Å². The van der Waals surface area contributed by atoms with Crippen LogP contribution in [0.1, 0.15) is 27.6 Å². The second kappa shape index (κ2) is 5.36. The van der Waals surface area contributed by atoms with Gasteiger partial charge in [-0.2, -0.15) is 5.26 Å². The van der Waals surface area contributed by atoms with Crippen LogP contribution in [0, 0.1) is 25.2 Å². The maximum absolute atomic E-state index is 9.61. The molecular weight excluding hydrogens is 318 g/mol. The highest BCUT2D eigenvalue weighted by Crippen LogP contribution is 2.50. The number of nitriles is 1. The van der Waals surface area contributed by atoms with Gasteiger partial charge in [0.25, 0.3) is 0 Å². The molecule has 0 saturated carbocycles. The third-order valence-electron chi connectivity index (χ3n) is 4.25. The van der Waals surface area contributed by atoms with Crippen molar-refractivity contribution in [3.05, 3.63) is 69.6 Å². The van der Waals surface area contributed by atoms with Crippen LogP contribution in [0.2, 0.25) is 0 Å². The number of aromatic nitrogens is 1. The van der Waals surface area contributed by atoms with E-state index in [9.17, 15) is 5.26 Å². The van der Waals surface area contributed by atoms with Crippen molar-refractivity contribution in [2.75, 3.05) is 0 Å². The summed E-state index contributed by atoms with van der Waals surface area (Å²) >= 11 is 1.58. The number of ether oxygens (including phenoxy) is 1. The van der Waals surface area contributed by atoms with Crippen LogP contribution in [0.15, 0.2) is 47.9 Å². The standard InChI is InChI=1S/C19H15N3OS/c1-10-8-11(2)22-19-14(10)16-17(24-19)15(12-6-4-3-5-7-12)13(9-20)18(21)23-16/h3-8,15H,21H2,1-2H3/t15-/m0/s1. The molecule has 0 saturated heterocycles. The van der Waals surface area contributed by atoms with Crippen LogP contribution in [-0.2, 0) is 0 Å². The highest BCUT2D eigenvalue weighted by Gasteiger charge is 2.34. The summed E-state index contributed by atoms with van der Waals surface area (Å²) < 4.78 is 5.87. The summed E-state index contributed by atoms with van der Waals surface area (Å²) in [5.74, 6) is 0.711. The van der Waals surface area contributed by atoms with Crippen LogP contribution < -0.4 is 10.5 Å². The van der Waals surface area contributed by atoms with E-state index in [0.29, 0.717) is 5.57 Å². The topological polar surface area (TPSA) is 71.9 Å². The Labute approximate surface area is 143 Å². The normalized spacial score (nSPS) is 16.6. The van der Waals surface area contributed by atoms with E-state index in [1.807, 2.05) is 50.2 Å². The van der Waals surface area contributed by atoms with E-state index >= 15 is 0 Å². The van der Waals surface area contributed by atoms with Gasteiger partial charge in [-0.3, -0.25) is 0 Å². The van der Waals surface area contributed by atoms with Crippen molar-refractivity contribution in [1.29, 1.82) is 5.26 Å². The van der Waals surface area contributed by atoms with Gasteiger partial charge in [-0.15, -0.1) is 11.3 Å². The second-order valence-corrected chi connectivity index (χ2v) is 6.92. The minimum absolute atomic E-state index is 0.179. The first-order valence-electron chi connectivity index (χ1n) is 7.63. The molecule has 118 valence electrons. The van der Waals surface area contributed by atoms with Gasteiger partial charge >= 0.3 is 0 Å².